The van der Waals surface area contributed by atoms with Gasteiger partial charge in [-0.2, -0.15) is 5.10 Å². The first-order valence-corrected chi connectivity index (χ1v) is 7.19. The highest BCUT2D eigenvalue weighted by molar-refractivity contribution is 5.88. The number of benzene rings is 1. The van der Waals surface area contributed by atoms with Crippen LogP contribution in [0, 0.1) is 5.41 Å². The molecular formula is C15H22N4. The molecule has 0 atom stereocenters. The molecule has 1 aromatic heterocycles. The number of fused-ring (bicyclic) bond motifs is 1. The Morgan fingerprint density at radius 1 is 1.37 bits per heavy atom. The molecule has 0 saturated heterocycles. The molecule has 0 radical (unpaired) electrons. The van der Waals surface area contributed by atoms with Crippen LogP contribution < -0.4 is 11.1 Å². The number of rotatable bonds is 4. The summed E-state index contributed by atoms with van der Waals surface area (Å²) in [5.74, 6) is 0. The van der Waals surface area contributed by atoms with E-state index in [2.05, 4.69) is 28.5 Å². The van der Waals surface area contributed by atoms with Crippen LogP contribution in [-0.2, 0) is 0 Å². The molecule has 19 heavy (non-hydrogen) atoms. The summed E-state index contributed by atoms with van der Waals surface area (Å²) in [6.07, 6.45) is 8.45. The summed E-state index contributed by atoms with van der Waals surface area (Å²) in [5.41, 5.74) is 9.44. The predicted octanol–water partition coefficient (Wildman–Crippen LogP) is 3.53. The van der Waals surface area contributed by atoms with Crippen molar-refractivity contribution >= 4 is 22.3 Å². The number of hydrogen-bond donors (Lipinski definition) is 3. The average Bonchev–Trinajstić information content (AvgIpc) is 3.05. The zero-order valence-corrected chi connectivity index (χ0v) is 11.5. The summed E-state index contributed by atoms with van der Waals surface area (Å²) in [6, 6.07) is 4.05. The molecule has 1 fully saturated rings. The number of aromatic nitrogens is 2. The van der Waals surface area contributed by atoms with E-state index < -0.39 is 0 Å². The Labute approximate surface area is 113 Å². The Bertz CT molecular complexity index is 567. The molecule has 0 amide bonds. The van der Waals surface area contributed by atoms with Crippen molar-refractivity contribution in [2.45, 2.75) is 39.0 Å². The van der Waals surface area contributed by atoms with Gasteiger partial charge in [0.2, 0.25) is 0 Å². The minimum absolute atomic E-state index is 0.468. The molecule has 1 aliphatic carbocycles. The van der Waals surface area contributed by atoms with Crippen LogP contribution in [-0.4, -0.2) is 16.7 Å². The van der Waals surface area contributed by atoms with Crippen LogP contribution in [0.3, 0.4) is 0 Å². The van der Waals surface area contributed by atoms with Crippen molar-refractivity contribution in [1.29, 1.82) is 0 Å². The summed E-state index contributed by atoms with van der Waals surface area (Å²) in [4.78, 5) is 0. The lowest BCUT2D eigenvalue weighted by atomic mass is 9.83. The number of nitrogens with two attached hydrogens (primary N) is 1. The Morgan fingerprint density at radius 2 is 2.16 bits per heavy atom. The van der Waals surface area contributed by atoms with E-state index in [1.54, 1.807) is 6.20 Å². The van der Waals surface area contributed by atoms with Crippen LogP contribution in [0.2, 0.25) is 0 Å². The van der Waals surface area contributed by atoms with Gasteiger partial charge in [-0.15, -0.1) is 0 Å². The van der Waals surface area contributed by atoms with E-state index in [-0.39, 0.29) is 0 Å². The smallest absolute Gasteiger partial charge is 0.0672 e. The highest BCUT2D eigenvalue weighted by Crippen LogP contribution is 2.41. The minimum atomic E-state index is 0.468. The van der Waals surface area contributed by atoms with Crippen LogP contribution in [0.4, 0.5) is 11.4 Å². The number of hydrogen-bond acceptors (Lipinski definition) is 3. The SMILES string of the molecule is CCC1(CNc2cc3[nH]ncc3cc2N)CCCC1. The van der Waals surface area contributed by atoms with Crippen molar-refractivity contribution in [3.05, 3.63) is 18.3 Å². The normalized spacial score (nSPS) is 17.9. The van der Waals surface area contributed by atoms with E-state index >= 15 is 0 Å². The second kappa shape index (κ2) is 4.76. The highest BCUT2D eigenvalue weighted by Gasteiger charge is 2.31. The molecule has 1 aromatic carbocycles. The van der Waals surface area contributed by atoms with E-state index in [0.717, 1.165) is 28.8 Å². The number of nitrogens with one attached hydrogen (secondary N) is 2. The van der Waals surface area contributed by atoms with E-state index in [1.807, 2.05) is 6.07 Å². The van der Waals surface area contributed by atoms with Crippen molar-refractivity contribution in [3.8, 4) is 0 Å². The first-order chi connectivity index (χ1) is 9.22. The van der Waals surface area contributed by atoms with Gasteiger partial charge in [-0.25, -0.2) is 0 Å². The van der Waals surface area contributed by atoms with Gasteiger partial charge in [-0.3, -0.25) is 5.10 Å². The van der Waals surface area contributed by atoms with Crippen molar-refractivity contribution in [2.75, 3.05) is 17.6 Å². The third-order valence-corrected chi connectivity index (χ3v) is 4.68. The van der Waals surface area contributed by atoms with Gasteiger partial charge in [-0.05, 0) is 36.8 Å². The maximum Gasteiger partial charge on any atom is 0.0672 e. The molecule has 0 spiro atoms. The lowest BCUT2D eigenvalue weighted by Crippen LogP contribution is -2.26. The molecule has 0 aliphatic heterocycles. The van der Waals surface area contributed by atoms with Gasteiger partial charge in [0.15, 0.2) is 0 Å². The second-order valence-electron chi connectivity index (χ2n) is 5.81. The Hall–Kier alpha value is -1.71. The van der Waals surface area contributed by atoms with E-state index in [4.69, 9.17) is 5.73 Å². The lowest BCUT2D eigenvalue weighted by molar-refractivity contribution is 0.307. The molecule has 1 saturated carbocycles. The Balaban J connectivity index is 1.79. The van der Waals surface area contributed by atoms with Gasteiger partial charge >= 0.3 is 0 Å². The first kappa shape index (κ1) is 12.3. The molecule has 1 aliphatic rings. The number of anilines is 2. The Kier molecular flexibility index (Phi) is 3.09. The van der Waals surface area contributed by atoms with E-state index in [9.17, 15) is 0 Å². The maximum atomic E-state index is 6.11. The fraction of sp³-hybridized carbons (Fsp3) is 0.533. The fourth-order valence-corrected chi connectivity index (χ4v) is 3.23. The van der Waals surface area contributed by atoms with Crippen molar-refractivity contribution < 1.29 is 0 Å². The predicted molar refractivity (Wildman–Crippen MR) is 80.2 cm³/mol. The summed E-state index contributed by atoms with van der Waals surface area (Å²) >= 11 is 0. The number of nitrogens with zero attached hydrogens (tertiary/aromatic N) is 1. The van der Waals surface area contributed by atoms with E-state index in [0.29, 0.717) is 5.41 Å². The van der Waals surface area contributed by atoms with Crippen LogP contribution in [0.25, 0.3) is 10.9 Å². The minimum Gasteiger partial charge on any atom is -0.397 e. The second-order valence-corrected chi connectivity index (χ2v) is 5.81. The first-order valence-electron chi connectivity index (χ1n) is 7.19. The van der Waals surface area contributed by atoms with Crippen molar-refractivity contribution in [3.63, 3.8) is 0 Å². The molecule has 4 N–H and O–H groups in total. The van der Waals surface area contributed by atoms with Gasteiger partial charge in [0.05, 0.1) is 23.1 Å². The molecule has 0 unspecified atom stereocenters. The zero-order chi connectivity index (χ0) is 13.3. The van der Waals surface area contributed by atoms with Gasteiger partial charge in [0.25, 0.3) is 0 Å². The van der Waals surface area contributed by atoms with Crippen molar-refractivity contribution in [2.24, 2.45) is 5.41 Å². The summed E-state index contributed by atoms with van der Waals surface area (Å²) < 4.78 is 0. The monoisotopic (exact) mass is 258 g/mol. The largest absolute Gasteiger partial charge is 0.397 e. The van der Waals surface area contributed by atoms with Crippen LogP contribution in [0.15, 0.2) is 18.3 Å². The molecule has 1 heterocycles. The average molecular weight is 258 g/mol. The highest BCUT2D eigenvalue weighted by atomic mass is 15.1. The van der Waals surface area contributed by atoms with Crippen LogP contribution in [0.1, 0.15) is 39.0 Å². The number of H-pyrrole nitrogens is 1. The molecular weight excluding hydrogens is 236 g/mol. The van der Waals surface area contributed by atoms with Crippen molar-refractivity contribution in [1.82, 2.24) is 10.2 Å². The summed E-state index contributed by atoms with van der Waals surface area (Å²) in [5, 5.41) is 11.7. The van der Waals surface area contributed by atoms with Gasteiger partial charge in [-0.1, -0.05) is 19.8 Å². The molecule has 102 valence electrons. The Morgan fingerprint density at radius 3 is 2.89 bits per heavy atom. The third kappa shape index (κ3) is 2.27. The quantitative estimate of drug-likeness (QED) is 0.735. The summed E-state index contributed by atoms with van der Waals surface area (Å²) in [6.45, 7) is 3.32. The lowest BCUT2D eigenvalue weighted by Gasteiger charge is -2.28. The molecule has 3 rings (SSSR count). The standard InChI is InChI=1S/C15H22N4/c1-2-15(5-3-4-6-15)10-17-14-8-13-11(7-12(14)16)9-18-19-13/h7-9,17H,2-6,10,16H2,1H3,(H,18,19). The topological polar surface area (TPSA) is 66.7 Å². The molecule has 2 aromatic rings. The maximum absolute atomic E-state index is 6.11. The van der Waals surface area contributed by atoms with Gasteiger partial charge < -0.3 is 11.1 Å². The molecule has 4 nitrogen and oxygen atoms in total. The molecule has 0 bridgehead atoms. The summed E-state index contributed by atoms with van der Waals surface area (Å²) in [7, 11) is 0. The van der Waals surface area contributed by atoms with Crippen LogP contribution in [0.5, 0.6) is 0 Å². The number of nitrogen functional groups attached to an aromatic ring is 1. The third-order valence-electron chi connectivity index (χ3n) is 4.68. The van der Waals surface area contributed by atoms with E-state index in [1.165, 1.54) is 32.1 Å². The fourth-order valence-electron chi connectivity index (χ4n) is 3.23. The zero-order valence-electron chi connectivity index (χ0n) is 11.5. The van der Waals surface area contributed by atoms with Crippen LogP contribution >= 0.6 is 0 Å². The number of aromatic amines is 1. The van der Waals surface area contributed by atoms with Gasteiger partial charge in [0, 0.05) is 11.9 Å². The van der Waals surface area contributed by atoms with Gasteiger partial charge in [0.1, 0.15) is 0 Å². The molecule has 4 heteroatoms.